The molecule has 0 N–H and O–H groups in total. The highest BCUT2D eigenvalue weighted by molar-refractivity contribution is 7.99. The van der Waals surface area contributed by atoms with Crippen molar-refractivity contribution in [1.29, 1.82) is 0 Å². The molecule has 0 fully saturated rings. The summed E-state index contributed by atoms with van der Waals surface area (Å²) >= 11 is 1.90. The van der Waals surface area contributed by atoms with Crippen LogP contribution in [-0.2, 0) is 5.41 Å². The van der Waals surface area contributed by atoms with Crippen molar-refractivity contribution < 1.29 is 0 Å². The molecule has 8 aromatic rings. The molecule has 1 heteroatoms. The molecule has 2 aliphatic carbocycles. The van der Waals surface area contributed by atoms with Gasteiger partial charge >= 0.3 is 0 Å². The average Bonchev–Trinajstić information content (AvgIpc) is 3.59. The SMILES string of the molecule is c1ccc2c(c1)Sc1cc(-c3ccc4c(c3)-c3ccccc3C43c4ccccc4-c4ccc5ccccc5c43)cc3cccc-2c13. The lowest BCUT2D eigenvalue weighted by atomic mass is 9.69. The maximum absolute atomic E-state index is 2.47. The molecule has 3 aliphatic rings. The first-order chi connectivity index (χ1) is 22.8. The van der Waals surface area contributed by atoms with Gasteiger partial charge in [-0.2, -0.15) is 0 Å². The standard InChI is InChI=1S/C45H26S/c1-2-12-31-27(10-1)20-22-36-32-13-3-6-17-38(32)45(44(31)36)39-18-7-4-14-33(39)37-25-28(21-23-40(37)45)30-24-29-11-9-16-35-34-15-5-8-19-41(34)46-42(26-30)43(29)35/h1-26H. The summed E-state index contributed by atoms with van der Waals surface area (Å²) in [6, 6.07) is 59.4. The van der Waals surface area contributed by atoms with Crippen LogP contribution >= 0.6 is 11.8 Å². The third kappa shape index (κ3) is 3.02. The molecule has 212 valence electrons. The maximum atomic E-state index is 2.47. The van der Waals surface area contributed by atoms with Gasteiger partial charge in [0.05, 0.1) is 5.41 Å². The van der Waals surface area contributed by atoms with Gasteiger partial charge in [-0.1, -0.05) is 145 Å². The van der Waals surface area contributed by atoms with Gasteiger partial charge in [0.25, 0.3) is 0 Å². The first-order valence-electron chi connectivity index (χ1n) is 16.0. The Labute approximate surface area is 272 Å². The Bertz CT molecular complexity index is 2630. The van der Waals surface area contributed by atoms with Gasteiger partial charge in [0.1, 0.15) is 0 Å². The zero-order chi connectivity index (χ0) is 30.0. The summed E-state index contributed by atoms with van der Waals surface area (Å²) in [5.41, 5.74) is 15.8. The van der Waals surface area contributed by atoms with E-state index in [9.17, 15) is 0 Å². The average molecular weight is 599 g/mol. The summed E-state index contributed by atoms with van der Waals surface area (Å²) in [7, 11) is 0. The van der Waals surface area contributed by atoms with Crippen LogP contribution in [0.4, 0.5) is 0 Å². The minimum Gasteiger partial charge on any atom is -0.0888 e. The van der Waals surface area contributed by atoms with Crippen LogP contribution in [-0.4, -0.2) is 0 Å². The van der Waals surface area contributed by atoms with Gasteiger partial charge in [0, 0.05) is 15.2 Å². The number of hydrogen-bond acceptors (Lipinski definition) is 1. The maximum Gasteiger partial charge on any atom is 0.0731 e. The molecule has 0 radical (unpaired) electrons. The van der Waals surface area contributed by atoms with Crippen LogP contribution in [0.2, 0.25) is 0 Å². The van der Waals surface area contributed by atoms with Gasteiger partial charge in [-0.05, 0) is 107 Å². The Hall–Kier alpha value is -5.37. The first-order valence-corrected chi connectivity index (χ1v) is 16.8. The third-order valence-electron chi connectivity index (χ3n) is 10.6. The zero-order valence-corrected chi connectivity index (χ0v) is 25.7. The second-order valence-electron chi connectivity index (χ2n) is 12.8. The summed E-state index contributed by atoms with van der Waals surface area (Å²) in [5, 5.41) is 5.30. The molecule has 1 unspecified atom stereocenters. The first kappa shape index (κ1) is 24.9. The summed E-state index contributed by atoms with van der Waals surface area (Å²) in [6.07, 6.45) is 0. The topological polar surface area (TPSA) is 0 Å². The van der Waals surface area contributed by atoms with Gasteiger partial charge in [0.15, 0.2) is 0 Å². The lowest BCUT2D eigenvalue weighted by Gasteiger charge is -2.31. The predicted octanol–water partition coefficient (Wildman–Crippen LogP) is 12.1. The van der Waals surface area contributed by atoms with E-state index in [1.54, 1.807) is 0 Å². The van der Waals surface area contributed by atoms with Crippen molar-refractivity contribution in [3.05, 3.63) is 180 Å². The molecule has 1 aliphatic heterocycles. The Morgan fingerprint density at radius 1 is 0.370 bits per heavy atom. The molecule has 11 rings (SSSR count). The molecule has 1 atom stereocenters. The van der Waals surface area contributed by atoms with Crippen LogP contribution in [0.5, 0.6) is 0 Å². The van der Waals surface area contributed by atoms with Crippen LogP contribution in [0.1, 0.15) is 22.3 Å². The van der Waals surface area contributed by atoms with Crippen molar-refractivity contribution in [1.82, 2.24) is 0 Å². The van der Waals surface area contributed by atoms with Gasteiger partial charge in [-0.25, -0.2) is 0 Å². The van der Waals surface area contributed by atoms with Crippen molar-refractivity contribution in [2.45, 2.75) is 15.2 Å². The number of hydrogen-bond donors (Lipinski definition) is 0. The van der Waals surface area contributed by atoms with Crippen LogP contribution < -0.4 is 0 Å². The summed E-state index contributed by atoms with van der Waals surface area (Å²) in [5.74, 6) is 0. The van der Waals surface area contributed by atoms with E-state index < -0.39 is 0 Å². The van der Waals surface area contributed by atoms with E-state index >= 15 is 0 Å². The molecule has 0 bridgehead atoms. The Morgan fingerprint density at radius 2 is 1.04 bits per heavy atom. The molecule has 46 heavy (non-hydrogen) atoms. The van der Waals surface area contributed by atoms with Gasteiger partial charge in [-0.3, -0.25) is 0 Å². The lowest BCUT2D eigenvalue weighted by molar-refractivity contribution is 0.801. The lowest BCUT2D eigenvalue weighted by Crippen LogP contribution is -2.26. The number of rotatable bonds is 1. The normalized spacial score (nSPS) is 16.3. The molecular formula is C45H26S. The van der Waals surface area contributed by atoms with E-state index in [1.807, 2.05) is 11.8 Å². The molecule has 0 aromatic heterocycles. The second kappa shape index (κ2) is 8.88. The van der Waals surface area contributed by atoms with Crippen molar-refractivity contribution in [2.24, 2.45) is 0 Å². The summed E-state index contributed by atoms with van der Waals surface area (Å²) in [4.78, 5) is 2.67. The van der Waals surface area contributed by atoms with E-state index in [2.05, 4.69) is 158 Å². The summed E-state index contributed by atoms with van der Waals surface area (Å²) < 4.78 is 0. The van der Waals surface area contributed by atoms with E-state index in [4.69, 9.17) is 0 Å². The molecule has 8 aromatic carbocycles. The number of benzene rings is 8. The summed E-state index contributed by atoms with van der Waals surface area (Å²) in [6.45, 7) is 0. The van der Waals surface area contributed by atoms with Gasteiger partial charge < -0.3 is 0 Å². The van der Waals surface area contributed by atoms with E-state index in [-0.39, 0.29) is 5.41 Å². The minimum absolute atomic E-state index is 0.360. The van der Waals surface area contributed by atoms with Crippen molar-refractivity contribution in [3.63, 3.8) is 0 Å². The van der Waals surface area contributed by atoms with Crippen LogP contribution in [0.15, 0.2) is 168 Å². The van der Waals surface area contributed by atoms with Crippen LogP contribution in [0.3, 0.4) is 0 Å². The quantitative estimate of drug-likeness (QED) is 0.181. The molecular weight excluding hydrogens is 573 g/mol. The van der Waals surface area contributed by atoms with Crippen LogP contribution in [0, 0.1) is 0 Å². The predicted molar refractivity (Wildman–Crippen MR) is 193 cm³/mol. The van der Waals surface area contributed by atoms with Gasteiger partial charge in [-0.15, -0.1) is 0 Å². The highest BCUT2D eigenvalue weighted by Gasteiger charge is 2.52. The van der Waals surface area contributed by atoms with Gasteiger partial charge in [0.2, 0.25) is 0 Å². The largest absolute Gasteiger partial charge is 0.0888 e. The highest BCUT2D eigenvalue weighted by atomic mass is 32.2. The highest BCUT2D eigenvalue weighted by Crippen LogP contribution is 2.64. The van der Waals surface area contributed by atoms with Crippen molar-refractivity contribution in [3.8, 4) is 44.5 Å². The Balaban J connectivity index is 1.19. The third-order valence-corrected chi connectivity index (χ3v) is 11.8. The Morgan fingerprint density at radius 3 is 1.91 bits per heavy atom. The van der Waals surface area contributed by atoms with E-state index in [1.165, 1.54) is 98.1 Å². The molecule has 0 amide bonds. The zero-order valence-electron chi connectivity index (χ0n) is 24.9. The Kier molecular flexibility index (Phi) is 4.80. The van der Waals surface area contributed by atoms with Crippen molar-refractivity contribution in [2.75, 3.05) is 0 Å². The van der Waals surface area contributed by atoms with E-state index in [0.717, 1.165) is 0 Å². The fourth-order valence-corrected chi connectivity index (χ4v) is 10.0. The van der Waals surface area contributed by atoms with Crippen molar-refractivity contribution >= 4 is 33.3 Å². The molecule has 1 heterocycles. The minimum atomic E-state index is -0.360. The van der Waals surface area contributed by atoms with Crippen LogP contribution in [0.25, 0.3) is 66.1 Å². The number of fused-ring (bicyclic) bond motifs is 14. The second-order valence-corrected chi connectivity index (χ2v) is 13.9. The smallest absolute Gasteiger partial charge is 0.0731 e. The fourth-order valence-electron chi connectivity index (χ4n) is 8.86. The fraction of sp³-hybridized carbons (Fsp3) is 0.0222. The molecule has 0 nitrogen and oxygen atoms in total. The molecule has 1 spiro atoms. The van der Waals surface area contributed by atoms with E-state index in [0.29, 0.717) is 0 Å². The molecule has 0 saturated heterocycles. The molecule has 0 saturated carbocycles. The monoisotopic (exact) mass is 598 g/mol.